The molecule has 0 amide bonds. The number of carbonyl (C=O) groups is 1. The lowest BCUT2D eigenvalue weighted by Gasteiger charge is -2.04. The summed E-state index contributed by atoms with van der Waals surface area (Å²) in [7, 11) is 1.76. The number of Topliss-reactive ketones (excluding diaryl/α,β-unsaturated/α-hetero) is 1. The Hall–Kier alpha value is -1.89. The molecule has 0 saturated heterocycles. The molecular formula is C10H11N5OS. The Morgan fingerprint density at radius 1 is 1.47 bits per heavy atom. The number of ketones is 1. The van der Waals surface area contributed by atoms with Crippen molar-refractivity contribution < 1.29 is 4.79 Å². The van der Waals surface area contributed by atoms with Gasteiger partial charge in [0.05, 0.1) is 0 Å². The van der Waals surface area contributed by atoms with E-state index in [9.17, 15) is 4.79 Å². The van der Waals surface area contributed by atoms with E-state index >= 15 is 0 Å². The van der Waals surface area contributed by atoms with Gasteiger partial charge in [0.1, 0.15) is 0 Å². The van der Waals surface area contributed by atoms with Gasteiger partial charge in [0, 0.05) is 23.2 Å². The Labute approximate surface area is 102 Å². The Bertz CT molecular complexity index is 566. The maximum Gasteiger partial charge on any atom is 0.213 e. The van der Waals surface area contributed by atoms with E-state index < -0.39 is 0 Å². The van der Waals surface area contributed by atoms with E-state index in [0.29, 0.717) is 16.4 Å². The number of carbonyl (C=O) groups excluding carboxylic acids is 1. The number of benzene rings is 1. The zero-order valence-corrected chi connectivity index (χ0v) is 10.2. The van der Waals surface area contributed by atoms with E-state index in [0.717, 1.165) is 4.90 Å². The maximum atomic E-state index is 11.2. The first kappa shape index (κ1) is 11.6. The minimum atomic E-state index is -0.0422. The van der Waals surface area contributed by atoms with Crippen molar-refractivity contribution in [1.82, 2.24) is 20.2 Å². The first-order valence-electron chi connectivity index (χ1n) is 4.88. The van der Waals surface area contributed by atoms with Crippen molar-refractivity contribution in [2.45, 2.75) is 17.0 Å². The largest absolute Gasteiger partial charge is 0.398 e. The molecule has 2 aromatic rings. The Balaban J connectivity index is 2.27. The molecule has 0 aliphatic heterocycles. The van der Waals surface area contributed by atoms with Crippen LogP contribution >= 0.6 is 11.8 Å². The highest BCUT2D eigenvalue weighted by atomic mass is 32.2. The third-order valence-electron chi connectivity index (χ3n) is 2.19. The molecule has 0 saturated carbocycles. The van der Waals surface area contributed by atoms with Crippen LogP contribution in [0, 0.1) is 0 Å². The van der Waals surface area contributed by atoms with Gasteiger partial charge >= 0.3 is 0 Å². The molecule has 0 fully saturated rings. The highest BCUT2D eigenvalue weighted by Gasteiger charge is 2.08. The van der Waals surface area contributed by atoms with Crippen LogP contribution in [0.4, 0.5) is 5.69 Å². The number of aromatic nitrogens is 4. The number of tetrazole rings is 1. The van der Waals surface area contributed by atoms with Crippen molar-refractivity contribution in [2.24, 2.45) is 7.05 Å². The fourth-order valence-corrected chi connectivity index (χ4v) is 2.12. The van der Waals surface area contributed by atoms with Crippen molar-refractivity contribution in [3.8, 4) is 0 Å². The molecule has 0 unspecified atom stereocenters. The summed E-state index contributed by atoms with van der Waals surface area (Å²) in [6, 6.07) is 5.28. The van der Waals surface area contributed by atoms with Gasteiger partial charge in [-0.1, -0.05) is 0 Å². The summed E-state index contributed by atoms with van der Waals surface area (Å²) in [5.41, 5.74) is 6.80. The lowest BCUT2D eigenvalue weighted by molar-refractivity contribution is 0.101. The molecule has 0 atom stereocenters. The molecule has 1 heterocycles. The van der Waals surface area contributed by atoms with Crippen LogP contribution in [0.5, 0.6) is 0 Å². The normalized spacial score (nSPS) is 10.5. The number of nitrogen functional groups attached to an aromatic ring is 1. The second-order valence-corrected chi connectivity index (χ2v) is 4.53. The zero-order valence-electron chi connectivity index (χ0n) is 9.41. The van der Waals surface area contributed by atoms with Gasteiger partial charge in [-0.05, 0) is 47.3 Å². The zero-order chi connectivity index (χ0) is 12.4. The molecule has 7 heteroatoms. The predicted molar refractivity (Wildman–Crippen MR) is 63.8 cm³/mol. The van der Waals surface area contributed by atoms with Crippen LogP contribution in [0.15, 0.2) is 28.3 Å². The smallest absolute Gasteiger partial charge is 0.213 e. The molecule has 6 nitrogen and oxygen atoms in total. The topological polar surface area (TPSA) is 86.7 Å². The molecular weight excluding hydrogens is 238 g/mol. The van der Waals surface area contributed by atoms with Crippen molar-refractivity contribution in [3.05, 3.63) is 23.8 Å². The summed E-state index contributed by atoms with van der Waals surface area (Å²) in [5, 5.41) is 11.8. The first-order chi connectivity index (χ1) is 8.08. The number of hydrogen-bond acceptors (Lipinski definition) is 6. The summed E-state index contributed by atoms with van der Waals surface area (Å²) in [6.45, 7) is 1.49. The van der Waals surface area contributed by atoms with Crippen LogP contribution in [0.2, 0.25) is 0 Å². The maximum absolute atomic E-state index is 11.2. The van der Waals surface area contributed by atoms with E-state index in [1.807, 2.05) is 6.07 Å². The van der Waals surface area contributed by atoms with Crippen LogP contribution in [0.3, 0.4) is 0 Å². The average molecular weight is 249 g/mol. The lowest BCUT2D eigenvalue weighted by atomic mass is 10.1. The van der Waals surface area contributed by atoms with Crippen LogP contribution in [-0.2, 0) is 7.05 Å². The van der Waals surface area contributed by atoms with Crippen molar-refractivity contribution in [1.29, 1.82) is 0 Å². The predicted octanol–water partition coefficient (Wildman–Crippen LogP) is 1.15. The summed E-state index contributed by atoms with van der Waals surface area (Å²) < 4.78 is 1.57. The Morgan fingerprint density at radius 3 is 2.76 bits per heavy atom. The van der Waals surface area contributed by atoms with E-state index in [1.165, 1.54) is 18.7 Å². The van der Waals surface area contributed by atoms with Crippen molar-refractivity contribution >= 4 is 23.2 Å². The molecule has 0 spiro atoms. The van der Waals surface area contributed by atoms with Gasteiger partial charge in [-0.25, -0.2) is 4.68 Å². The number of nitrogens with two attached hydrogens (primary N) is 1. The standard InChI is InChI=1S/C10H11N5OS/c1-6(16)8-4-3-7(5-9(8)11)17-10-12-13-14-15(10)2/h3-5H,11H2,1-2H3. The summed E-state index contributed by atoms with van der Waals surface area (Å²) in [4.78, 5) is 12.1. The van der Waals surface area contributed by atoms with Gasteiger partial charge < -0.3 is 5.73 Å². The lowest BCUT2D eigenvalue weighted by Crippen LogP contribution is -1.99. The third-order valence-corrected chi connectivity index (χ3v) is 3.21. The molecule has 1 aromatic carbocycles. The molecule has 88 valence electrons. The number of rotatable bonds is 3. The summed E-state index contributed by atoms with van der Waals surface area (Å²) in [5.74, 6) is -0.0422. The van der Waals surface area contributed by atoms with Gasteiger partial charge in [0.25, 0.3) is 0 Å². The first-order valence-corrected chi connectivity index (χ1v) is 5.70. The third kappa shape index (κ3) is 2.44. The molecule has 17 heavy (non-hydrogen) atoms. The van der Waals surface area contributed by atoms with Gasteiger partial charge in [-0.2, -0.15) is 0 Å². The second-order valence-electron chi connectivity index (χ2n) is 3.49. The molecule has 0 aliphatic carbocycles. The van der Waals surface area contributed by atoms with Crippen LogP contribution < -0.4 is 5.73 Å². The molecule has 0 aliphatic rings. The molecule has 2 rings (SSSR count). The fourth-order valence-electron chi connectivity index (χ4n) is 1.34. The molecule has 2 N–H and O–H groups in total. The highest BCUT2D eigenvalue weighted by Crippen LogP contribution is 2.27. The van der Waals surface area contributed by atoms with Crippen molar-refractivity contribution in [3.63, 3.8) is 0 Å². The summed E-state index contributed by atoms with van der Waals surface area (Å²) in [6.07, 6.45) is 0. The molecule has 0 radical (unpaired) electrons. The Morgan fingerprint density at radius 2 is 2.24 bits per heavy atom. The quantitative estimate of drug-likeness (QED) is 0.648. The number of aryl methyl sites for hydroxylation is 1. The van der Waals surface area contributed by atoms with E-state index in [-0.39, 0.29) is 5.78 Å². The van der Waals surface area contributed by atoms with Crippen molar-refractivity contribution in [2.75, 3.05) is 5.73 Å². The van der Waals surface area contributed by atoms with Crippen LogP contribution in [0.25, 0.3) is 0 Å². The Kier molecular flexibility index (Phi) is 3.10. The van der Waals surface area contributed by atoms with Crippen LogP contribution in [-0.4, -0.2) is 26.0 Å². The van der Waals surface area contributed by atoms with Gasteiger partial charge in [-0.3, -0.25) is 4.79 Å². The van der Waals surface area contributed by atoms with E-state index in [2.05, 4.69) is 15.5 Å². The number of hydrogen-bond donors (Lipinski definition) is 1. The van der Waals surface area contributed by atoms with Gasteiger partial charge in [0.15, 0.2) is 5.78 Å². The average Bonchev–Trinajstić information content (AvgIpc) is 2.64. The monoisotopic (exact) mass is 249 g/mol. The van der Waals surface area contributed by atoms with E-state index in [1.54, 1.807) is 23.9 Å². The second kappa shape index (κ2) is 4.54. The van der Waals surface area contributed by atoms with E-state index in [4.69, 9.17) is 5.73 Å². The minimum absolute atomic E-state index is 0.0422. The molecule has 1 aromatic heterocycles. The molecule has 0 bridgehead atoms. The SMILES string of the molecule is CC(=O)c1ccc(Sc2nnnn2C)cc1N. The fraction of sp³-hybridized carbons (Fsp3) is 0.200. The summed E-state index contributed by atoms with van der Waals surface area (Å²) >= 11 is 1.39. The number of nitrogens with zero attached hydrogens (tertiary/aromatic N) is 4. The minimum Gasteiger partial charge on any atom is -0.398 e. The highest BCUT2D eigenvalue weighted by molar-refractivity contribution is 7.99. The van der Waals surface area contributed by atoms with Gasteiger partial charge in [0.2, 0.25) is 5.16 Å². The van der Waals surface area contributed by atoms with Gasteiger partial charge in [-0.15, -0.1) is 5.10 Å². The van der Waals surface area contributed by atoms with Crippen LogP contribution in [0.1, 0.15) is 17.3 Å². The number of anilines is 1.